The Balaban J connectivity index is 3.17. The summed E-state index contributed by atoms with van der Waals surface area (Å²) >= 11 is 0. The van der Waals surface area contributed by atoms with Crippen LogP contribution < -0.4 is 5.32 Å². The van der Waals surface area contributed by atoms with Crippen molar-refractivity contribution in [3.05, 3.63) is 0 Å². The number of imide groups is 1. The number of hydrogen-bond donors (Lipinski definition) is 1. The Labute approximate surface area is 40.5 Å². The SMILES string of the molecule is COC(=O)N[C]=O. The lowest BCUT2D eigenvalue weighted by Gasteiger charge is -1.88. The summed E-state index contributed by atoms with van der Waals surface area (Å²) in [5.74, 6) is 0. The third kappa shape index (κ3) is 2.75. The van der Waals surface area contributed by atoms with E-state index in [1.807, 2.05) is 0 Å². The van der Waals surface area contributed by atoms with Crippen LogP contribution >= 0.6 is 0 Å². The van der Waals surface area contributed by atoms with E-state index >= 15 is 0 Å². The van der Waals surface area contributed by atoms with E-state index in [0.29, 0.717) is 0 Å². The Hall–Kier alpha value is -1.06. The molecule has 0 aromatic rings. The van der Waals surface area contributed by atoms with Gasteiger partial charge in [-0.3, -0.25) is 10.1 Å². The first-order valence-corrected chi connectivity index (χ1v) is 1.52. The molecule has 39 valence electrons. The van der Waals surface area contributed by atoms with Crippen molar-refractivity contribution in [3.8, 4) is 0 Å². The number of amides is 2. The van der Waals surface area contributed by atoms with Crippen molar-refractivity contribution < 1.29 is 14.3 Å². The molecule has 0 spiro atoms. The van der Waals surface area contributed by atoms with Crippen LogP contribution in [0.1, 0.15) is 0 Å². The van der Waals surface area contributed by atoms with Gasteiger partial charge in [-0.05, 0) is 0 Å². The van der Waals surface area contributed by atoms with Crippen LogP contribution in [0.3, 0.4) is 0 Å². The van der Waals surface area contributed by atoms with E-state index in [1.165, 1.54) is 0 Å². The number of carbonyl (C=O) groups is 1. The molecule has 0 aromatic heterocycles. The van der Waals surface area contributed by atoms with Crippen LogP contribution in [-0.2, 0) is 9.53 Å². The molecule has 0 saturated heterocycles. The summed E-state index contributed by atoms with van der Waals surface area (Å²) in [4.78, 5) is 19.1. The third-order valence-electron chi connectivity index (χ3n) is 0.338. The summed E-state index contributed by atoms with van der Waals surface area (Å²) < 4.78 is 3.98. The highest BCUT2D eigenvalue weighted by molar-refractivity contribution is 5.79. The van der Waals surface area contributed by atoms with Crippen molar-refractivity contribution in [1.29, 1.82) is 0 Å². The molecule has 0 aromatic carbocycles. The maximum Gasteiger partial charge on any atom is 0.413 e. The average molecular weight is 102 g/mol. The Morgan fingerprint density at radius 3 is 2.57 bits per heavy atom. The lowest BCUT2D eigenvalue weighted by atomic mass is 11.1. The van der Waals surface area contributed by atoms with Gasteiger partial charge >= 0.3 is 12.5 Å². The summed E-state index contributed by atoms with van der Waals surface area (Å²) in [5.41, 5.74) is 0. The van der Waals surface area contributed by atoms with Crippen LogP contribution in [0.2, 0.25) is 0 Å². The molecule has 2 amide bonds. The van der Waals surface area contributed by atoms with Gasteiger partial charge in [0.15, 0.2) is 0 Å². The summed E-state index contributed by atoms with van der Waals surface area (Å²) in [6.07, 6.45) is 0.348. The standard InChI is InChI=1S/C3H4NO3/c1-7-3(6)4-2-5/h1H3,(H,4,5,6). The van der Waals surface area contributed by atoms with Gasteiger partial charge in [-0.1, -0.05) is 0 Å². The second-order valence-corrected chi connectivity index (χ2v) is 0.719. The number of alkyl carbamates (subject to hydrolysis) is 1. The smallest absolute Gasteiger partial charge is 0.413 e. The first-order chi connectivity index (χ1) is 3.31. The first kappa shape index (κ1) is 5.94. The molecule has 0 heterocycles. The molecule has 1 N–H and O–H groups in total. The number of nitrogens with one attached hydrogen (secondary N) is 1. The van der Waals surface area contributed by atoms with E-state index in [1.54, 1.807) is 5.32 Å². The normalized spacial score (nSPS) is 7.00. The van der Waals surface area contributed by atoms with Gasteiger partial charge in [-0.2, -0.15) is 0 Å². The Kier molecular flexibility index (Phi) is 2.67. The molecule has 7 heavy (non-hydrogen) atoms. The molecule has 1 radical (unpaired) electrons. The van der Waals surface area contributed by atoms with Gasteiger partial charge in [0.05, 0.1) is 7.11 Å². The van der Waals surface area contributed by atoms with Crippen LogP contribution in [0, 0.1) is 0 Å². The van der Waals surface area contributed by atoms with Crippen LogP contribution in [0.5, 0.6) is 0 Å². The fourth-order valence-corrected chi connectivity index (χ4v) is 0.0927. The van der Waals surface area contributed by atoms with Gasteiger partial charge in [0, 0.05) is 0 Å². The maximum absolute atomic E-state index is 9.82. The van der Waals surface area contributed by atoms with Gasteiger partial charge in [0.2, 0.25) is 0 Å². The van der Waals surface area contributed by atoms with Crippen molar-refractivity contribution in [2.24, 2.45) is 0 Å². The molecule has 0 aliphatic heterocycles. The average Bonchev–Trinajstić information content (AvgIpc) is 1.68. The molecular formula is C3H4NO3. The van der Waals surface area contributed by atoms with Crippen LogP contribution in [0.4, 0.5) is 4.79 Å². The topological polar surface area (TPSA) is 55.4 Å². The zero-order chi connectivity index (χ0) is 5.70. The third-order valence-corrected chi connectivity index (χ3v) is 0.338. The molecular weight excluding hydrogens is 98.0 g/mol. The second-order valence-electron chi connectivity index (χ2n) is 0.719. The van der Waals surface area contributed by atoms with Gasteiger partial charge in [-0.25, -0.2) is 4.79 Å². The lowest BCUT2D eigenvalue weighted by Crippen LogP contribution is -2.20. The first-order valence-electron chi connectivity index (χ1n) is 1.52. The summed E-state index contributed by atoms with van der Waals surface area (Å²) in [6.45, 7) is 0. The molecule has 0 rings (SSSR count). The fraction of sp³-hybridized carbons (Fsp3) is 0.333. The Morgan fingerprint density at radius 1 is 1.86 bits per heavy atom. The van der Waals surface area contributed by atoms with Gasteiger partial charge in [0.25, 0.3) is 0 Å². The molecule has 0 saturated carbocycles. The van der Waals surface area contributed by atoms with Gasteiger partial charge in [-0.15, -0.1) is 0 Å². The molecule has 4 heteroatoms. The molecule has 0 aliphatic carbocycles. The summed E-state index contributed by atoms with van der Waals surface area (Å²) in [6, 6.07) is 0. The molecule has 0 unspecified atom stereocenters. The number of rotatable bonds is 1. The Morgan fingerprint density at radius 2 is 2.43 bits per heavy atom. The van der Waals surface area contributed by atoms with Crippen molar-refractivity contribution in [2.45, 2.75) is 0 Å². The predicted octanol–water partition coefficient (Wildman–Crippen LogP) is -0.590. The Bertz CT molecular complexity index is 80.2. The quantitative estimate of drug-likeness (QED) is 0.450. The summed E-state index contributed by atoms with van der Waals surface area (Å²) in [7, 11) is 1.16. The maximum atomic E-state index is 9.82. The molecule has 4 nitrogen and oxygen atoms in total. The highest BCUT2D eigenvalue weighted by Gasteiger charge is 1.91. The molecule has 0 fully saturated rings. The zero-order valence-corrected chi connectivity index (χ0v) is 3.72. The number of methoxy groups -OCH3 is 1. The number of carbonyl (C=O) groups excluding carboxylic acids is 2. The van der Waals surface area contributed by atoms with Gasteiger partial charge < -0.3 is 4.74 Å². The number of ether oxygens (including phenoxy) is 1. The predicted molar refractivity (Wildman–Crippen MR) is 21.2 cm³/mol. The largest absolute Gasteiger partial charge is 0.453 e. The highest BCUT2D eigenvalue weighted by Crippen LogP contribution is 1.62. The minimum absolute atomic E-state index is 0.796. The molecule has 0 bridgehead atoms. The van der Waals surface area contributed by atoms with Gasteiger partial charge in [0.1, 0.15) is 0 Å². The minimum Gasteiger partial charge on any atom is -0.453 e. The molecule has 0 aliphatic rings. The fourth-order valence-electron chi connectivity index (χ4n) is 0.0927. The van der Waals surface area contributed by atoms with Crippen molar-refractivity contribution >= 4 is 12.5 Å². The van der Waals surface area contributed by atoms with Crippen molar-refractivity contribution in [3.63, 3.8) is 0 Å². The van der Waals surface area contributed by atoms with E-state index in [-0.39, 0.29) is 0 Å². The summed E-state index contributed by atoms with van der Waals surface area (Å²) in [5, 5.41) is 1.63. The van der Waals surface area contributed by atoms with E-state index < -0.39 is 6.09 Å². The molecule has 0 atom stereocenters. The van der Waals surface area contributed by atoms with Crippen LogP contribution in [0.25, 0.3) is 0 Å². The van der Waals surface area contributed by atoms with Crippen molar-refractivity contribution in [2.75, 3.05) is 7.11 Å². The van der Waals surface area contributed by atoms with E-state index in [9.17, 15) is 9.59 Å². The van der Waals surface area contributed by atoms with Crippen LogP contribution in [-0.4, -0.2) is 19.6 Å². The van der Waals surface area contributed by atoms with Crippen LogP contribution in [0.15, 0.2) is 0 Å². The van der Waals surface area contributed by atoms with E-state index in [0.717, 1.165) is 13.5 Å². The van der Waals surface area contributed by atoms with E-state index in [4.69, 9.17) is 0 Å². The van der Waals surface area contributed by atoms with Crippen molar-refractivity contribution in [1.82, 2.24) is 5.32 Å². The monoisotopic (exact) mass is 102 g/mol. The second kappa shape index (κ2) is 3.14. The lowest BCUT2D eigenvalue weighted by molar-refractivity contribution is 0.176. The highest BCUT2D eigenvalue weighted by atomic mass is 16.5. The zero-order valence-electron chi connectivity index (χ0n) is 3.72. The number of hydrogen-bond acceptors (Lipinski definition) is 3. The van der Waals surface area contributed by atoms with E-state index in [2.05, 4.69) is 4.74 Å². The minimum atomic E-state index is -0.796.